The molecule has 0 aromatic heterocycles. The van der Waals surface area contributed by atoms with Gasteiger partial charge in [-0.05, 0) is 32.9 Å². The van der Waals surface area contributed by atoms with Gasteiger partial charge in [-0.15, -0.1) is 17.0 Å². The van der Waals surface area contributed by atoms with Crippen molar-refractivity contribution in [3.63, 3.8) is 0 Å². The van der Waals surface area contributed by atoms with Crippen molar-refractivity contribution in [2.75, 3.05) is 19.6 Å². The summed E-state index contributed by atoms with van der Waals surface area (Å²) in [5.41, 5.74) is 0. The van der Waals surface area contributed by atoms with Crippen LogP contribution in [0.25, 0.3) is 0 Å². The molecule has 22 heavy (non-hydrogen) atoms. The normalized spacial score (nSPS) is 13.9. The first kappa shape index (κ1) is 25.1. The minimum Gasteiger partial charge on any atom is -0.392 e. The number of hydrogen-bond donors (Lipinski definition) is 1. The Morgan fingerprint density at radius 3 is 1.95 bits per heavy atom. The second kappa shape index (κ2) is 18.2. The largest absolute Gasteiger partial charge is 0.392 e. The van der Waals surface area contributed by atoms with Crippen LogP contribution in [0.1, 0.15) is 85.0 Å². The van der Waals surface area contributed by atoms with Crippen LogP contribution in [-0.2, 0) is 0 Å². The number of halogens is 2. The summed E-state index contributed by atoms with van der Waals surface area (Å²) >= 11 is 3.82. The van der Waals surface area contributed by atoms with Crippen LogP contribution in [0.3, 0.4) is 0 Å². The number of rotatable bonds is 15. The van der Waals surface area contributed by atoms with E-state index < -0.39 is 0 Å². The molecule has 2 atom stereocenters. The molecule has 0 fully saturated rings. The lowest BCUT2D eigenvalue weighted by Gasteiger charge is -2.23. The van der Waals surface area contributed by atoms with Crippen LogP contribution in [0.4, 0.5) is 0 Å². The fraction of sp³-hybridized carbons (Fsp3) is 1.00. The Kier molecular flexibility index (Phi) is 20.8. The molecule has 0 saturated carbocycles. The Balaban J connectivity index is 0. The maximum absolute atomic E-state index is 9.44. The fourth-order valence-electron chi connectivity index (χ4n) is 2.72. The standard InChI is InChI=1S/C18H38BrNO.BrH/c1-4-6-7-8-9-10-11-12-13-18(19)14-15-20(5-2)16-17(3)21;/h17-18,21H,4-16H2,1-3H3;1H. The Morgan fingerprint density at radius 2 is 1.45 bits per heavy atom. The van der Waals surface area contributed by atoms with E-state index in [1.165, 1.54) is 64.2 Å². The topological polar surface area (TPSA) is 23.5 Å². The van der Waals surface area contributed by atoms with Gasteiger partial charge in [-0.2, -0.15) is 0 Å². The number of likely N-dealkylation sites (N-methyl/N-ethyl adjacent to an activating group) is 1. The smallest absolute Gasteiger partial charge is 0.0639 e. The maximum Gasteiger partial charge on any atom is 0.0639 e. The first-order chi connectivity index (χ1) is 10.1. The van der Waals surface area contributed by atoms with Gasteiger partial charge in [0.05, 0.1) is 6.10 Å². The van der Waals surface area contributed by atoms with Gasteiger partial charge in [0.2, 0.25) is 0 Å². The number of aliphatic hydroxyl groups is 1. The zero-order valence-corrected chi connectivity index (χ0v) is 18.3. The highest BCUT2D eigenvalue weighted by atomic mass is 79.9. The molecule has 0 spiro atoms. The molecule has 0 aliphatic carbocycles. The highest BCUT2D eigenvalue weighted by molar-refractivity contribution is 9.09. The van der Waals surface area contributed by atoms with E-state index in [-0.39, 0.29) is 23.1 Å². The molecule has 0 saturated heterocycles. The van der Waals surface area contributed by atoms with E-state index in [0.29, 0.717) is 4.83 Å². The summed E-state index contributed by atoms with van der Waals surface area (Å²) in [6, 6.07) is 0. The quantitative estimate of drug-likeness (QED) is 0.249. The minimum atomic E-state index is -0.216. The number of aliphatic hydroxyl groups excluding tert-OH is 1. The van der Waals surface area contributed by atoms with E-state index >= 15 is 0 Å². The molecule has 0 aliphatic heterocycles. The number of unbranched alkanes of at least 4 members (excludes halogenated alkanes) is 7. The number of alkyl halides is 1. The van der Waals surface area contributed by atoms with Gasteiger partial charge in [0.15, 0.2) is 0 Å². The molecule has 0 bridgehead atoms. The Bertz CT molecular complexity index is 215. The van der Waals surface area contributed by atoms with Gasteiger partial charge in [-0.1, -0.05) is 81.1 Å². The predicted octanol–water partition coefficient (Wildman–Crippen LogP) is 5.95. The van der Waals surface area contributed by atoms with Crippen LogP contribution >= 0.6 is 32.9 Å². The molecule has 0 aliphatic rings. The Hall–Kier alpha value is 0.880. The summed E-state index contributed by atoms with van der Waals surface area (Å²) in [7, 11) is 0. The lowest BCUT2D eigenvalue weighted by atomic mass is 10.1. The van der Waals surface area contributed by atoms with Gasteiger partial charge in [0, 0.05) is 11.4 Å². The van der Waals surface area contributed by atoms with Crippen LogP contribution in [0, 0.1) is 0 Å². The van der Waals surface area contributed by atoms with Crippen LogP contribution < -0.4 is 0 Å². The summed E-state index contributed by atoms with van der Waals surface area (Å²) < 4.78 is 0. The second-order valence-corrected chi connectivity index (χ2v) is 7.69. The van der Waals surface area contributed by atoms with Crippen molar-refractivity contribution in [1.29, 1.82) is 0 Å². The highest BCUT2D eigenvalue weighted by Crippen LogP contribution is 2.17. The SMILES string of the molecule is Br.CCCCCCCCCCC(Br)CCN(CC)CC(C)O. The van der Waals surface area contributed by atoms with Crippen molar-refractivity contribution in [2.24, 2.45) is 0 Å². The van der Waals surface area contributed by atoms with E-state index in [9.17, 15) is 5.11 Å². The van der Waals surface area contributed by atoms with Gasteiger partial charge in [0.1, 0.15) is 0 Å². The number of hydrogen-bond acceptors (Lipinski definition) is 2. The average molecular weight is 445 g/mol. The van der Waals surface area contributed by atoms with Crippen LogP contribution in [0.15, 0.2) is 0 Å². The first-order valence-electron chi connectivity index (χ1n) is 9.14. The summed E-state index contributed by atoms with van der Waals surface area (Å²) in [6.45, 7) is 9.24. The summed E-state index contributed by atoms with van der Waals surface area (Å²) in [6.07, 6.45) is 13.4. The molecule has 0 rings (SSSR count). The average Bonchev–Trinajstić information content (AvgIpc) is 2.45. The zero-order valence-electron chi connectivity index (χ0n) is 15.0. The van der Waals surface area contributed by atoms with Crippen LogP contribution in [0.2, 0.25) is 0 Å². The Morgan fingerprint density at radius 1 is 0.909 bits per heavy atom. The molecule has 0 amide bonds. The highest BCUT2D eigenvalue weighted by Gasteiger charge is 2.09. The third-order valence-electron chi connectivity index (χ3n) is 4.10. The molecule has 4 heteroatoms. The van der Waals surface area contributed by atoms with E-state index in [4.69, 9.17) is 0 Å². The summed E-state index contributed by atoms with van der Waals surface area (Å²) in [5.74, 6) is 0. The van der Waals surface area contributed by atoms with Gasteiger partial charge >= 0.3 is 0 Å². The van der Waals surface area contributed by atoms with E-state index in [2.05, 4.69) is 34.7 Å². The molecular weight excluding hydrogens is 406 g/mol. The van der Waals surface area contributed by atoms with Crippen molar-refractivity contribution in [1.82, 2.24) is 4.90 Å². The summed E-state index contributed by atoms with van der Waals surface area (Å²) in [4.78, 5) is 2.98. The van der Waals surface area contributed by atoms with E-state index in [0.717, 1.165) is 19.6 Å². The molecule has 1 N–H and O–H groups in total. The Labute approximate surface area is 158 Å². The van der Waals surface area contributed by atoms with Crippen molar-refractivity contribution in [3.05, 3.63) is 0 Å². The molecule has 0 radical (unpaired) electrons. The third kappa shape index (κ3) is 17.2. The predicted molar refractivity (Wildman–Crippen MR) is 109 cm³/mol. The molecule has 0 heterocycles. The third-order valence-corrected chi connectivity index (χ3v) is 5.01. The van der Waals surface area contributed by atoms with Crippen LogP contribution in [0.5, 0.6) is 0 Å². The molecule has 0 aromatic rings. The lowest BCUT2D eigenvalue weighted by molar-refractivity contribution is 0.129. The van der Waals surface area contributed by atoms with E-state index in [1.807, 2.05) is 6.92 Å². The summed E-state index contributed by atoms with van der Waals surface area (Å²) in [5, 5.41) is 9.44. The van der Waals surface area contributed by atoms with Gasteiger partial charge < -0.3 is 10.0 Å². The van der Waals surface area contributed by atoms with Crippen molar-refractivity contribution in [3.8, 4) is 0 Å². The van der Waals surface area contributed by atoms with Gasteiger partial charge in [-0.25, -0.2) is 0 Å². The zero-order chi connectivity index (χ0) is 15.9. The van der Waals surface area contributed by atoms with Crippen molar-refractivity contribution in [2.45, 2.75) is 95.9 Å². The molecule has 136 valence electrons. The molecule has 0 aromatic carbocycles. The van der Waals surface area contributed by atoms with Crippen molar-refractivity contribution >= 4 is 32.9 Å². The van der Waals surface area contributed by atoms with Crippen molar-refractivity contribution < 1.29 is 5.11 Å². The van der Waals surface area contributed by atoms with E-state index in [1.54, 1.807) is 0 Å². The lowest BCUT2D eigenvalue weighted by Crippen LogP contribution is -2.32. The van der Waals surface area contributed by atoms with Gasteiger partial charge in [-0.3, -0.25) is 0 Å². The molecule has 2 unspecified atom stereocenters. The second-order valence-electron chi connectivity index (χ2n) is 6.39. The fourth-order valence-corrected chi connectivity index (χ4v) is 3.25. The molecule has 2 nitrogen and oxygen atoms in total. The first-order valence-corrected chi connectivity index (χ1v) is 10.1. The minimum absolute atomic E-state index is 0. The number of nitrogens with zero attached hydrogens (tertiary/aromatic N) is 1. The molecular formula is C18H39Br2NO. The monoisotopic (exact) mass is 443 g/mol. The van der Waals surface area contributed by atoms with Gasteiger partial charge in [0.25, 0.3) is 0 Å². The maximum atomic E-state index is 9.44. The van der Waals surface area contributed by atoms with Crippen LogP contribution in [-0.4, -0.2) is 40.6 Å².